The third kappa shape index (κ3) is 3.46. The molecule has 3 rings (SSSR count). The van der Waals surface area contributed by atoms with E-state index in [1.807, 2.05) is 4.90 Å². The van der Waals surface area contributed by atoms with Crippen LogP contribution in [0.5, 0.6) is 0 Å². The molecule has 0 N–H and O–H groups in total. The van der Waals surface area contributed by atoms with Crippen LogP contribution in [-0.2, 0) is 0 Å². The largest absolute Gasteiger partial charge is 0.364 e. The Balaban J connectivity index is 1.70. The van der Waals surface area contributed by atoms with Gasteiger partial charge in [-0.2, -0.15) is 0 Å². The van der Waals surface area contributed by atoms with Crippen molar-refractivity contribution in [2.24, 2.45) is 11.8 Å². The Morgan fingerprint density at radius 2 is 2.24 bits per heavy atom. The van der Waals surface area contributed by atoms with Crippen LogP contribution < -0.4 is 0 Å². The summed E-state index contributed by atoms with van der Waals surface area (Å²) in [4.78, 5) is 17.1. The van der Waals surface area contributed by atoms with Crippen LogP contribution in [0.4, 0.5) is 0 Å². The molecule has 2 aliphatic rings. The smallest absolute Gasteiger partial charge is 0.276 e. The highest BCUT2D eigenvalue weighted by molar-refractivity contribution is 5.92. The van der Waals surface area contributed by atoms with Crippen molar-refractivity contribution in [1.29, 1.82) is 0 Å². The predicted molar refractivity (Wildman–Crippen MR) is 79.9 cm³/mol. The zero-order chi connectivity index (χ0) is 14.8. The second kappa shape index (κ2) is 6.18. The summed E-state index contributed by atoms with van der Waals surface area (Å²) >= 11 is 0. The van der Waals surface area contributed by atoms with Crippen molar-refractivity contribution in [3.05, 3.63) is 18.0 Å². The van der Waals surface area contributed by atoms with Crippen LogP contribution in [0, 0.1) is 11.8 Å². The molecule has 5 nitrogen and oxygen atoms in total. The van der Waals surface area contributed by atoms with E-state index in [0.29, 0.717) is 17.7 Å². The first kappa shape index (κ1) is 14.6. The minimum Gasteiger partial charge on any atom is -0.364 e. The Hall–Kier alpha value is -1.36. The van der Waals surface area contributed by atoms with E-state index in [2.05, 4.69) is 23.9 Å². The van der Waals surface area contributed by atoms with Crippen LogP contribution in [0.1, 0.15) is 43.6 Å². The third-order valence-corrected chi connectivity index (χ3v) is 4.65. The molecule has 1 aromatic rings. The molecule has 1 amide bonds. The van der Waals surface area contributed by atoms with E-state index in [4.69, 9.17) is 4.52 Å². The lowest BCUT2D eigenvalue weighted by Gasteiger charge is -2.34. The monoisotopic (exact) mass is 291 g/mol. The van der Waals surface area contributed by atoms with Gasteiger partial charge in [-0.1, -0.05) is 19.0 Å². The number of rotatable bonds is 4. The highest BCUT2D eigenvalue weighted by Gasteiger charge is 2.33. The van der Waals surface area contributed by atoms with Gasteiger partial charge in [-0.05, 0) is 31.1 Å². The van der Waals surface area contributed by atoms with Gasteiger partial charge in [-0.15, -0.1) is 0 Å². The van der Waals surface area contributed by atoms with Gasteiger partial charge < -0.3 is 9.42 Å². The Kier molecular flexibility index (Phi) is 4.29. The molecule has 2 heterocycles. The Bertz CT molecular complexity index is 468. The lowest BCUT2D eigenvalue weighted by Crippen LogP contribution is -2.46. The average molecular weight is 291 g/mol. The first-order chi connectivity index (χ1) is 10.1. The second-order valence-electron chi connectivity index (χ2n) is 6.74. The van der Waals surface area contributed by atoms with E-state index in [-0.39, 0.29) is 5.91 Å². The number of amides is 1. The van der Waals surface area contributed by atoms with Crippen molar-refractivity contribution >= 4 is 5.91 Å². The highest BCUT2D eigenvalue weighted by atomic mass is 16.5. The first-order valence-electron chi connectivity index (χ1n) is 8.09. The zero-order valence-corrected chi connectivity index (χ0v) is 13.0. The van der Waals surface area contributed by atoms with Crippen LogP contribution in [0.25, 0.3) is 0 Å². The standard InChI is InChI=1S/C16H25N3O2/c1-12(2)15-11-19(16(20)14-6-9-21-17-14)8-3-7-18(15)10-13-4-5-13/h6,9,12-13,15H,3-5,7-8,10-11H2,1-2H3/t15-/m0/s1. The molecule has 0 unspecified atom stereocenters. The number of hydrogen-bond acceptors (Lipinski definition) is 4. The van der Waals surface area contributed by atoms with E-state index in [9.17, 15) is 4.79 Å². The Labute approximate surface area is 126 Å². The normalized spacial score (nSPS) is 24.3. The van der Waals surface area contributed by atoms with Crippen LogP contribution in [0.15, 0.2) is 16.9 Å². The molecule has 2 fully saturated rings. The van der Waals surface area contributed by atoms with E-state index >= 15 is 0 Å². The van der Waals surface area contributed by atoms with E-state index in [1.165, 1.54) is 25.6 Å². The summed E-state index contributed by atoms with van der Waals surface area (Å²) in [6.07, 6.45) is 5.26. The van der Waals surface area contributed by atoms with Crippen LogP contribution in [0.3, 0.4) is 0 Å². The molecule has 21 heavy (non-hydrogen) atoms. The van der Waals surface area contributed by atoms with Crippen molar-refractivity contribution in [2.45, 2.75) is 39.2 Å². The van der Waals surface area contributed by atoms with Crippen LogP contribution >= 0.6 is 0 Å². The van der Waals surface area contributed by atoms with Gasteiger partial charge in [0.1, 0.15) is 6.26 Å². The van der Waals surface area contributed by atoms with Crippen LogP contribution in [0.2, 0.25) is 0 Å². The SMILES string of the molecule is CC(C)[C@@H]1CN(C(=O)c2ccon2)CCCN1CC1CC1. The van der Waals surface area contributed by atoms with E-state index in [1.54, 1.807) is 6.07 Å². The molecule has 1 aliphatic heterocycles. The molecular weight excluding hydrogens is 266 g/mol. The number of aromatic nitrogens is 1. The quantitative estimate of drug-likeness (QED) is 0.854. The first-order valence-corrected chi connectivity index (χ1v) is 8.09. The Morgan fingerprint density at radius 1 is 1.43 bits per heavy atom. The van der Waals surface area contributed by atoms with Gasteiger partial charge in [0.25, 0.3) is 5.91 Å². The second-order valence-corrected chi connectivity index (χ2v) is 6.74. The fraction of sp³-hybridized carbons (Fsp3) is 0.750. The Morgan fingerprint density at radius 3 is 2.86 bits per heavy atom. The summed E-state index contributed by atoms with van der Waals surface area (Å²) in [5, 5.41) is 3.79. The molecule has 0 bridgehead atoms. The van der Waals surface area contributed by atoms with E-state index in [0.717, 1.165) is 32.0 Å². The summed E-state index contributed by atoms with van der Waals surface area (Å²) < 4.78 is 4.81. The number of carbonyl (C=O) groups excluding carboxylic acids is 1. The summed E-state index contributed by atoms with van der Waals surface area (Å²) in [5.41, 5.74) is 0.424. The lowest BCUT2D eigenvalue weighted by atomic mass is 10.0. The van der Waals surface area contributed by atoms with Crippen molar-refractivity contribution in [1.82, 2.24) is 15.0 Å². The molecule has 1 saturated heterocycles. The third-order valence-electron chi connectivity index (χ3n) is 4.65. The maximum Gasteiger partial charge on any atom is 0.276 e. The topological polar surface area (TPSA) is 49.6 Å². The van der Waals surface area contributed by atoms with Crippen molar-refractivity contribution in [3.8, 4) is 0 Å². The molecule has 0 aromatic carbocycles. The lowest BCUT2D eigenvalue weighted by molar-refractivity contribution is 0.0694. The van der Waals surface area contributed by atoms with Gasteiger partial charge in [0.2, 0.25) is 0 Å². The van der Waals surface area contributed by atoms with Crippen LogP contribution in [-0.4, -0.2) is 53.1 Å². The molecule has 5 heteroatoms. The highest BCUT2D eigenvalue weighted by Crippen LogP contribution is 2.32. The van der Waals surface area contributed by atoms with Gasteiger partial charge in [0.15, 0.2) is 5.69 Å². The van der Waals surface area contributed by atoms with Crippen molar-refractivity contribution in [3.63, 3.8) is 0 Å². The van der Waals surface area contributed by atoms with E-state index < -0.39 is 0 Å². The summed E-state index contributed by atoms with van der Waals surface area (Å²) in [7, 11) is 0. The number of carbonyl (C=O) groups is 1. The summed E-state index contributed by atoms with van der Waals surface area (Å²) in [6.45, 7) is 8.44. The zero-order valence-electron chi connectivity index (χ0n) is 13.0. The summed E-state index contributed by atoms with van der Waals surface area (Å²) in [6, 6.07) is 2.10. The van der Waals surface area contributed by atoms with Gasteiger partial charge in [-0.3, -0.25) is 9.69 Å². The van der Waals surface area contributed by atoms with Gasteiger partial charge in [-0.25, -0.2) is 0 Å². The molecule has 1 aromatic heterocycles. The van der Waals surface area contributed by atoms with Gasteiger partial charge in [0.05, 0.1) is 0 Å². The fourth-order valence-electron chi connectivity index (χ4n) is 3.22. The predicted octanol–water partition coefficient (Wildman–Crippen LogP) is 2.26. The molecule has 0 radical (unpaired) electrons. The number of nitrogens with zero attached hydrogens (tertiary/aromatic N) is 3. The average Bonchev–Trinajstić information content (AvgIpc) is 3.16. The molecule has 1 saturated carbocycles. The minimum absolute atomic E-state index is 0.00247. The maximum absolute atomic E-state index is 12.5. The van der Waals surface area contributed by atoms with Crippen molar-refractivity contribution < 1.29 is 9.32 Å². The van der Waals surface area contributed by atoms with Gasteiger partial charge >= 0.3 is 0 Å². The maximum atomic E-state index is 12.5. The molecular formula is C16H25N3O2. The molecule has 116 valence electrons. The van der Waals surface area contributed by atoms with Gasteiger partial charge in [0, 0.05) is 38.3 Å². The molecule has 1 aliphatic carbocycles. The molecule has 0 spiro atoms. The fourth-order valence-corrected chi connectivity index (χ4v) is 3.22. The number of hydrogen-bond donors (Lipinski definition) is 0. The molecule has 1 atom stereocenters. The van der Waals surface area contributed by atoms with Crippen molar-refractivity contribution in [2.75, 3.05) is 26.2 Å². The minimum atomic E-state index is 0.00247. The summed E-state index contributed by atoms with van der Waals surface area (Å²) in [5.74, 6) is 1.45.